The van der Waals surface area contributed by atoms with E-state index in [1.807, 2.05) is 42.5 Å². The van der Waals surface area contributed by atoms with Crippen molar-refractivity contribution in [1.82, 2.24) is 5.32 Å². The van der Waals surface area contributed by atoms with Gasteiger partial charge in [-0.25, -0.2) is 0 Å². The maximum atomic E-state index is 12.5. The number of rotatable bonds is 6. The molecule has 2 aromatic carbocycles. The second-order valence-electron chi connectivity index (χ2n) is 6.66. The topological polar surface area (TPSA) is 58.6 Å². The van der Waals surface area contributed by atoms with Gasteiger partial charge in [-0.2, -0.15) is 0 Å². The molecule has 5 heteroatoms. The van der Waals surface area contributed by atoms with Crippen LogP contribution in [0.1, 0.15) is 24.8 Å². The summed E-state index contributed by atoms with van der Waals surface area (Å²) in [6, 6.07) is 17.4. The smallest absolute Gasteiger partial charge is 0.227 e. The predicted octanol–water partition coefficient (Wildman–Crippen LogP) is 2.97. The molecule has 0 radical (unpaired) electrons. The highest BCUT2D eigenvalue weighted by Crippen LogP contribution is 2.27. The quantitative estimate of drug-likeness (QED) is 0.869. The highest BCUT2D eigenvalue weighted by atomic mass is 16.5. The Labute approximate surface area is 154 Å². The van der Waals surface area contributed by atoms with E-state index in [-0.39, 0.29) is 30.1 Å². The SMILES string of the molecule is COc1ccc(N2C[C@@H](C(=O)NC[C@H](C)c3ccccc3)CC2=O)cc1. The summed E-state index contributed by atoms with van der Waals surface area (Å²) in [5.41, 5.74) is 1.99. The molecule has 2 amide bonds. The molecular weight excluding hydrogens is 328 g/mol. The maximum Gasteiger partial charge on any atom is 0.227 e. The third kappa shape index (κ3) is 4.04. The number of anilines is 1. The monoisotopic (exact) mass is 352 g/mol. The molecule has 1 N–H and O–H groups in total. The van der Waals surface area contributed by atoms with Crippen molar-refractivity contribution in [3.8, 4) is 5.75 Å². The van der Waals surface area contributed by atoms with E-state index in [0.29, 0.717) is 13.1 Å². The molecule has 2 aromatic rings. The van der Waals surface area contributed by atoms with E-state index >= 15 is 0 Å². The second-order valence-corrected chi connectivity index (χ2v) is 6.66. The van der Waals surface area contributed by atoms with Crippen molar-refractivity contribution in [3.63, 3.8) is 0 Å². The van der Waals surface area contributed by atoms with Gasteiger partial charge in [0.25, 0.3) is 0 Å². The zero-order valence-corrected chi connectivity index (χ0v) is 15.1. The molecule has 0 saturated carbocycles. The lowest BCUT2D eigenvalue weighted by Gasteiger charge is -2.18. The van der Waals surface area contributed by atoms with E-state index in [1.54, 1.807) is 12.0 Å². The maximum absolute atomic E-state index is 12.5. The highest BCUT2D eigenvalue weighted by molar-refractivity contribution is 6.00. The molecule has 2 atom stereocenters. The Kier molecular flexibility index (Phi) is 5.56. The summed E-state index contributed by atoms with van der Waals surface area (Å²) in [4.78, 5) is 26.5. The largest absolute Gasteiger partial charge is 0.497 e. The van der Waals surface area contributed by atoms with Crippen molar-refractivity contribution < 1.29 is 14.3 Å². The lowest BCUT2D eigenvalue weighted by molar-refractivity contribution is -0.126. The first-order valence-corrected chi connectivity index (χ1v) is 8.85. The minimum atomic E-state index is -0.312. The van der Waals surface area contributed by atoms with Crippen LogP contribution >= 0.6 is 0 Å². The first-order valence-electron chi connectivity index (χ1n) is 8.85. The number of nitrogens with zero attached hydrogens (tertiary/aromatic N) is 1. The molecule has 0 spiro atoms. The van der Waals surface area contributed by atoms with Crippen LogP contribution in [0.2, 0.25) is 0 Å². The summed E-state index contributed by atoms with van der Waals surface area (Å²) < 4.78 is 5.14. The number of amides is 2. The molecule has 1 aliphatic rings. The van der Waals surface area contributed by atoms with Crippen LogP contribution in [0.15, 0.2) is 54.6 Å². The van der Waals surface area contributed by atoms with Crippen molar-refractivity contribution in [2.75, 3.05) is 25.1 Å². The summed E-state index contributed by atoms with van der Waals surface area (Å²) in [6.07, 6.45) is 0.248. The van der Waals surface area contributed by atoms with Crippen LogP contribution in [0.25, 0.3) is 0 Å². The molecule has 26 heavy (non-hydrogen) atoms. The number of carbonyl (C=O) groups excluding carboxylic acids is 2. The van der Waals surface area contributed by atoms with Crippen LogP contribution in [0.5, 0.6) is 5.75 Å². The Morgan fingerprint density at radius 3 is 2.54 bits per heavy atom. The normalized spacial score (nSPS) is 17.8. The predicted molar refractivity (Wildman–Crippen MR) is 101 cm³/mol. The zero-order valence-electron chi connectivity index (χ0n) is 15.1. The number of methoxy groups -OCH3 is 1. The second kappa shape index (κ2) is 8.04. The molecule has 3 rings (SSSR count). The van der Waals surface area contributed by atoms with Gasteiger partial charge in [-0.3, -0.25) is 9.59 Å². The van der Waals surface area contributed by atoms with Crippen molar-refractivity contribution in [2.45, 2.75) is 19.3 Å². The van der Waals surface area contributed by atoms with Crippen molar-refractivity contribution in [1.29, 1.82) is 0 Å². The molecule has 0 aromatic heterocycles. The van der Waals surface area contributed by atoms with Gasteiger partial charge in [-0.1, -0.05) is 37.3 Å². The molecule has 0 bridgehead atoms. The van der Waals surface area contributed by atoms with E-state index in [1.165, 1.54) is 5.56 Å². The summed E-state index contributed by atoms with van der Waals surface area (Å²) in [6.45, 7) is 3.06. The summed E-state index contributed by atoms with van der Waals surface area (Å²) in [7, 11) is 1.60. The van der Waals surface area contributed by atoms with Gasteiger partial charge >= 0.3 is 0 Å². The van der Waals surface area contributed by atoms with Crippen LogP contribution < -0.4 is 15.0 Å². The third-order valence-corrected chi connectivity index (χ3v) is 4.83. The van der Waals surface area contributed by atoms with Crippen molar-refractivity contribution >= 4 is 17.5 Å². The molecular formula is C21H24N2O3. The first-order chi connectivity index (χ1) is 12.6. The minimum absolute atomic E-state index is 0.0218. The molecule has 0 unspecified atom stereocenters. The van der Waals surface area contributed by atoms with Gasteiger partial charge in [0.1, 0.15) is 5.75 Å². The number of hydrogen-bond donors (Lipinski definition) is 1. The molecule has 0 aliphatic carbocycles. The fraction of sp³-hybridized carbons (Fsp3) is 0.333. The lowest BCUT2D eigenvalue weighted by atomic mass is 10.0. The zero-order chi connectivity index (χ0) is 18.5. The van der Waals surface area contributed by atoms with Gasteiger partial charge in [0.15, 0.2) is 0 Å². The van der Waals surface area contributed by atoms with Gasteiger partial charge in [0, 0.05) is 25.2 Å². The molecule has 1 heterocycles. The molecule has 1 saturated heterocycles. The van der Waals surface area contributed by atoms with E-state index in [2.05, 4.69) is 24.4 Å². The first kappa shape index (κ1) is 18.0. The van der Waals surface area contributed by atoms with Gasteiger partial charge in [0.05, 0.1) is 13.0 Å². The standard InChI is InChI=1S/C21H24N2O3/c1-15(16-6-4-3-5-7-16)13-22-21(25)17-12-20(24)23(14-17)18-8-10-19(26-2)11-9-18/h3-11,15,17H,12-14H2,1-2H3,(H,22,25)/t15-,17-/m0/s1. The number of hydrogen-bond acceptors (Lipinski definition) is 3. The lowest BCUT2D eigenvalue weighted by Crippen LogP contribution is -2.35. The van der Waals surface area contributed by atoms with Crippen LogP contribution in [0.4, 0.5) is 5.69 Å². The van der Waals surface area contributed by atoms with Crippen LogP contribution in [0, 0.1) is 5.92 Å². The molecule has 1 fully saturated rings. The highest BCUT2D eigenvalue weighted by Gasteiger charge is 2.35. The fourth-order valence-corrected chi connectivity index (χ4v) is 3.19. The number of benzene rings is 2. The van der Waals surface area contributed by atoms with Gasteiger partial charge in [-0.05, 0) is 35.7 Å². The van der Waals surface area contributed by atoms with E-state index < -0.39 is 0 Å². The third-order valence-electron chi connectivity index (χ3n) is 4.83. The molecule has 1 aliphatic heterocycles. The van der Waals surface area contributed by atoms with Crippen molar-refractivity contribution in [2.24, 2.45) is 5.92 Å². The molecule has 136 valence electrons. The average molecular weight is 352 g/mol. The number of ether oxygens (including phenoxy) is 1. The van der Waals surface area contributed by atoms with E-state index in [0.717, 1.165) is 11.4 Å². The minimum Gasteiger partial charge on any atom is -0.497 e. The summed E-state index contributed by atoms with van der Waals surface area (Å²) in [5.74, 6) is 0.579. The Hall–Kier alpha value is -2.82. The van der Waals surface area contributed by atoms with Crippen LogP contribution in [-0.2, 0) is 9.59 Å². The Morgan fingerprint density at radius 1 is 1.19 bits per heavy atom. The Morgan fingerprint density at radius 2 is 1.88 bits per heavy atom. The number of nitrogens with one attached hydrogen (secondary N) is 1. The number of carbonyl (C=O) groups is 2. The van der Waals surface area contributed by atoms with E-state index in [9.17, 15) is 9.59 Å². The fourth-order valence-electron chi connectivity index (χ4n) is 3.19. The summed E-state index contributed by atoms with van der Waals surface area (Å²) in [5, 5.41) is 3.00. The van der Waals surface area contributed by atoms with Gasteiger partial charge in [-0.15, -0.1) is 0 Å². The van der Waals surface area contributed by atoms with Crippen LogP contribution in [-0.4, -0.2) is 32.0 Å². The van der Waals surface area contributed by atoms with Crippen LogP contribution in [0.3, 0.4) is 0 Å². The Balaban J connectivity index is 1.56. The summed E-state index contributed by atoms with van der Waals surface area (Å²) >= 11 is 0. The Bertz CT molecular complexity index is 759. The van der Waals surface area contributed by atoms with Gasteiger partial charge < -0.3 is 15.0 Å². The van der Waals surface area contributed by atoms with Gasteiger partial charge in [0.2, 0.25) is 11.8 Å². The average Bonchev–Trinajstić information content (AvgIpc) is 3.08. The van der Waals surface area contributed by atoms with Crippen molar-refractivity contribution in [3.05, 3.63) is 60.2 Å². The van der Waals surface area contributed by atoms with E-state index in [4.69, 9.17) is 4.74 Å². The molecule has 5 nitrogen and oxygen atoms in total.